The highest BCUT2D eigenvalue weighted by atomic mass is 16.5. The van der Waals surface area contributed by atoms with Crippen LogP contribution in [-0.2, 0) is 19.1 Å². The predicted molar refractivity (Wildman–Crippen MR) is 58.8 cm³/mol. The van der Waals surface area contributed by atoms with Crippen LogP contribution in [0.2, 0.25) is 0 Å². The molecule has 4 heteroatoms. The Labute approximate surface area is 96.3 Å². The van der Waals surface area contributed by atoms with Crippen molar-refractivity contribution >= 4 is 11.9 Å². The molecule has 0 radical (unpaired) electrons. The normalized spacial score (nSPS) is 18.1. The van der Waals surface area contributed by atoms with Crippen molar-refractivity contribution < 1.29 is 19.1 Å². The molecule has 0 atom stereocenters. The molecule has 0 N–H and O–H groups in total. The minimum absolute atomic E-state index is 0.166. The Morgan fingerprint density at radius 2 is 1.62 bits per heavy atom. The number of hydrogen-bond donors (Lipinski definition) is 0. The van der Waals surface area contributed by atoms with Gasteiger partial charge in [0.15, 0.2) is 0 Å². The highest BCUT2D eigenvalue weighted by Gasteiger charge is 2.44. The van der Waals surface area contributed by atoms with Crippen LogP contribution in [0.3, 0.4) is 0 Å². The highest BCUT2D eigenvalue weighted by molar-refractivity contribution is 5.83. The Kier molecular flexibility index (Phi) is 4.77. The van der Waals surface area contributed by atoms with E-state index >= 15 is 0 Å². The summed E-state index contributed by atoms with van der Waals surface area (Å²) in [5.41, 5.74) is -0.609. The molecule has 0 saturated heterocycles. The van der Waals surface area contributed by atoms with E-state index in [2.05, 4.69) is 0 Å². The van der Waals surface area contributed by atoms with E-state index in [0.717, 1.165) is 25.7 Å². The van der Waals surface area contributed by atoms with Crippen molar-refractivity contribution in [3.8, 4) is 0 Å². The third-order valence-electron chi connectivity index (χ3n) is 3.06. The van der Waals surface area contributed by atoms with Crippen LogP contribution in [0.1, 0.15) is 46.0 Å². The summed E-state index contributed by atoms with van der Waals surface area (Å²) in [5.74, 6) is -0.530. The van der Waals surface area contributed by atoms with Gasteiger partial charge in [-0.1, -0.05) is 12.8 Å². The van der Waals surface area contributed by atoms with E-state index in [-0.39, 0.29) is 18.4 Å². The lowest BCUT2D eigenvalue weighted by Gasteiger charge is -2.25. The van der Waals surface area contributed by atoms with Gasteiger partial charge in [0.1, 0.15) is 0 Å². The summed E-state index contributed by atoms with van der Waals surface area (Å²) in [6.07, 6.45) is 3.62. The Morgan fingerprint density at radius 1 is 1.06 bits per heavy atom. The number of ether oxygens (including phenoxy) is 2. The average Bonchev–Trinajstić information content (AvgIpc) is 2.68. The molecule has 1 rings (SSSR count). The number of carbonyl (C=O) groups is 2. The largest absolute Gasteiger partial charge is 0.466 e. The van der Waals surface area contributed by atoms with Crippen molar-refractivity contribution in [2.75, 3.05) is 13.2 Å². The highest BCUT2D eigenvalue weighted by Crippen LogP contribution is 2.42. The van der Waals surface area contributed by atoms with E-state index in [1.807, 2.05) is 0 Å². The van der Waals surface area contributed by atoms with Gasteiger partial charge < -0.3 is 9.47 Å². The lowest BCUT2D eigenvalue weighted by molar-refractivity contribution is -0.162. The first-order valence-corrected chi connectivity index (χ1v) is 5.97. The molecule has 0 aromatic carbocycles. The maximum atomic E-state index is 11.9. The monoisotopic (exact) mass is 228 g/mol. The van der Waals surface area contributed by atoms with Crippen LogP contribution in [0, 0.1) is 5.41 Å². The van der Waals surface area contributed by atoms with Gasteiger partial charge in [0.05, 0.1) is 25.0 Å². The fourth-order valence-corrected chi connectivity index (χ4v) is 2.28. The maximum absolute atomic E-state index is 11.9. The third kappa shape index (κ3) is 2.97. The fourth-order valence-electron chi connectivity index (χ4n) is 2.28. The molecular weight excluding hydrogens is 208 g/mol. The van der Waals surface area contributed by atoms with Crippen LogP contribution in [0.25, 0.3) is 0 Å². The average molecular weight is 228 g/mol. The minimum Gasteiger partial charge on any atom is -0.466 e. The Hall–Kier alpha value is -1.06. The van der Waals surface area contributed by atoms with E-state index in [0.29, 0.717) is 13.2 Å². The van der Waals surface area contributed by atoms with Crippen LogP contribution in [0.15, 0.2) is 0 Å². The Balaban J connectivity index is 2.65. The van der Waals surface area contributed by atoms with Gasteiger partial charge in [-0.3, -0.25) is 9.59 Å². The molecule has 4 nitrogen and oxygen atoms in total. The molecular formula is C12H20O4. The van der Waals surface area contributed by atoms with Gasteiger partial charge in [-0.05, 0) is 26.7 Å². The Bertz CT molecular complexity index is 254. The molecule has 0 aliphatic heterocycles. The lowest BCUT2D eigenvalue weighted by atomic mass is 9.83. The summed E-state index contributed by atoms with van der Waals surface area (Å²) >= 11 is 0. The van der Waals surface area contributed by atoms with Crippen molar-refractivity contribution in [1.29, 1.82) is 0 Å². The second-order valence-corrected chi connectivity index (χ2v) is 4.19. The number of rotatable bonds is 5. The van der Waals surface area contributed by atoms with Crippen molar-refractivity contribution in [1.82, 2.24) is 0 Å². The van der Waals surface area contributed by atoms with Crippen LogP contribution < -0.4 is 0 Å². The summed E-state index contributed by atoms with van der Waals surface area (Å²) in [4.78, 5) is 23.4. The topological polar surface area (TPSA) is 52.6 Å². The molecule has 0 aromatic heterocycles. The van der Waals surface area contributed by atoms with Gasteiger partial charge >= 0.3 is 11.9 Å². The zero-order chi connectivity index (χ0) is 12.0. The van der Waals surface area contributed by atoms with Gasteiger partial charge in [-0.2, -0.15) is 0 Å². The number of carbonyl (C=O) groups excluding carboxylic acids is 2. The van der Waals surface area contributed by atoms with Crippen molar-refractivity contribution in [3.63, 3.8) is 0 Å². The standard InChI is InChI=1S/C12H20O4/c1-3-15-10(13)9-12(7-5-6-8-12)11(14)16-4-2/h3-9H2,1-2H3. The van der Waals surface area contributed by atoms with Gasteiger partial charge in [0.2, 0.25) is 0 Å². The van der Waals surface area contributed by atoms with Crippen molar-refractivity contribution in [2.24, 2.45) is 5.41 Å². The second-order valence-electron chi connectivity index (χ2n) is 4.19. The first kappa shape index (κ1) is 13.0. The lowest BCUT2D eigenvalue weighted by Crippen LogP contribution is -2.33. The van der Waals surface area contributed by atoms with Gasteiger partial charge in [-0.15, -0.1) is 0 Å². The smallest absolute Gasteiger partial charge is 0.312 e. The van der Waals surface area contributed by atoms with Crippen LogP contribution >= 0.6 is 0 Å². The van der Waals surface area contributed by atoms with Crippen LogP contribution in [-0.4, -0.2) is 25.2 Å². The van der Waals surface area contributed by atoms with Gasteiger partial charge in [0.25, 0.3) is 0 Å². The van der Waals surface area contributed by atoms with Crippen LogP contribution in [0.4, 0.5) is 0 Å². The molecule has 1 aliphatic carbocycles. The quantitative estimate of drug-likeness (QED) is 0.676. The first-order valence-electron chi connectivity index (χ1n) is 5.97. The van der Waals surface area contributed by atoms with Crippen molar-refractivity contribution in [2.45, 2.75) is 46.0 Å². The molecule has 92 valence electrons. The molecule has 0 spiro atoms. The molecule has 0 bridgehead atoms. The number of esters is 2. The van der Waals surface area contributed by atoms with E-state index in [9.17, 15) is 9.59 Å². The second kappa shape index (κ2) is 5.87. The SMILES string of the molecule is CCOC(=O)CC1(C(=O)OCC)CCCC1. The zero-order valence-corrected chi connectivity index (χ0v) is 10.1. The number of hydrogen-bond acceptors (Lipinski definition) is 4. The third-order valence-corrected chi connectivity index (χ3v) is 3.06. The van der Waals surface area contributed by atoms with E-state index in [4.69, 9.17) is 9.47 Å². The molecule has 16 heavy (non-hydrogen) atoms. The summed E-state index contributed by atoms with van der Waals surface area (Å²) in [6.45, 7) is 4.27. The van der Waals surface area contributed by atoms with E-state index < -0.39 is 5.41 Å². The summed E-state index contributed by atoms with van der Waals surface area (Å²) in [6, 6.07) is 0. The first-order chi connectivity index (χ1) is 7.64. The minimum atomic E-state index is -0.609. The van der Waals surface area contributed by atoms with Gasteiger partial charge in [-0.25, -0.2) is 0 Å². The summed E-state index contributed by atoms with van der Waals surface area (Å²) < 4.78 is 9.97. The molecule has 0 aromatic rings. The van der Waals surface area contributed by atoms with E-state index in [1.54, 1.807) is 13.8 Å². The fraction of sp³-hybridized carbons (Fsp3) is 0.833. The van der Waals surface area contributed by atoms with Crippen LogP contribution in [0.5, 0.6) is 0 Å². The summed E-state index contributed by atoms with van der Waals surface area (Å²) in [7, 11) is 0. The molecule has 1 aliphatic rings. The molecule has 1 fully saturated rings. The van der Waals surface area contributed by atoms with Crippen molar-refractivity contribution in [3.05, 3.63) is 0 Å². The Morgan fingerprint density at radius 3 is 2.12 bits per heavy atom. The summed E-state index contributed by atoms with van der Waals surface area (Å²) in [5, 5.41) is 0. The molecule has 0 heterocycles. The molecule has 1 saturated carbocycles. The van der Waals surface area contributed by atoms with Gasteiger partial charge in [0, 0.05) is 0 Å². The maximum Gasteiger partial charge on any atom is 0.312 e. The molecule has 0 amide bonds. The predicted octanol–water partition coefficient (Wildman–Crippen LogP) is 2.06. The molecule has 0 unspecified atom stereocenters. The van der Waals surface area contributed by atoms with E-state index in [1.165, 1.54) is 0 Å². The zero-order valence-electron chi connectivity index (χ0n) is 10.1.